The quantitative estimate of drug-likeness (QED) is 0.172. The van der Waals surface area contributed by atoms with Gasteiger partial charge in [-0.25, -0.2) is 8.42 Å². The topological polar surface area (TPSA) is 57.2 Å². The van der Waals surface area contributed by atoms with Crippen LogP contribution in [0, 0.1) is 3.57 Å². The van der Waals surface area contributed by atoms with E-state index >= 15 is 0 Å². The molecule has 0 bridgehead atoms. The van der Waals surface area contributed by atoms with Gasteiger partial charge in [-0.15, -0.1) is 0 Å². The molecule has 0 fully saturated rings. The SMILES string of the molecule is CC(C)(C)c1ccc([I+]C(C)(C)c2ccc(C(C)(C)C)cc2)cc1.O=S(=O)([O-])C(F)(F)C(F)(F)C(F)(F)C(F)(F)F. The maximum Gasteiger partial charge on any atom is 0.460 e. The van der Waals surface area contributed by atoms with Crippen molar-refractivity contribution in [3.05, 3.63) is 68.8 Å². The predicted molar refractivity (Wildman–Crippen MR) is 133 cm³/mol. The Morgan fingerprint density at radius 3 is 1.17 bits per heavy atom. The summed E-state index contributed by atoms with van der Waals surface area (Å²) in [4.78, 5) is 0. The maximum absolute atomic E-state index is 12.2. The highest BCUT2D eigenvalue weighted by atomic mass is 127. The fourth-order valence-electron chi connectivity index (χ4n) is 3.22. The van der Waals surface area contributed by atoms with E-state index in [9.17, 15) is 52.5 Å². The van der Waals surface area contributed by atoms with E-state index in [2.05, 4.69) is 104 Å². The molecule has 0 amide bonds. The Morgan fingerprint density at radius 2 is 0.878 bits per heavy atom. The maximum atomic E-state index is 12.2. The second kappa shape index (κ2) is 11.9. The largest absolute Gasteiger partial charge is 0.743 e. The van der Waals surface area contributed by atoms with Gasteiger partial charge in [-0.05, 0) is 47.9 Å². The minimum absolute atomic E-state index is 0.0864. The van der Waals surface area contributed by atoms with E-state index in [0.29, 0.717) is 0 Å². The summed E-state index contributed by atoms with van der Waals surface area (Å²) in [6, 6.07) is 18.6. The highest BCUT2D eigenvalue weighted by Gasteiger charge is 2.83. The monoisotopic (exact) mass is 734 g/mol. The van der Waals surface area contributed by atoms with Crippen LogP contribution in [0.25, 0.3) is 0 Å². The van der Waals surface area contributed by atoms with E-state index < -0.39 is 33.4 Å². The Hall–Kier alpha value is -1.55. The Balaban J connectivity index is 0.000000438. The first kappa shape index (κ1) is 37.5. The van der Waals surface area contributed by atoms with E-state index in [1.54, 1.807) is 0 Å². The minimum Gasteiger partial charge on any atom is -0.743 e. The Bertz CT molecular complexity index is 1270. The molecule has 0 heterocycles. The lowest BCUT2D eigenvalue weighted by atomic mass is 9.86. The van der Waals surface area contributed by atoms with Crippen molar-refractivity contribution in [1.82, 2.24) is 0 Å². The van der Waals surface area contributed by atoms with E-state index in [4.69, 9.17) is 0 Å². The lowest BCUT2D eigenvalue weighted by Gasteiger charge is -2.34. The summed E-state index contributed by atoms with van der Waals surface area (Å²) >= 11 is -0.0864. The summed E-state index contributed by atoms with van der Waals surface area (Å²) in [7, 11) is -7.42. The highest BCUT2D eigenvalue weighted by Crippen LogP contribution is 2.54. The predicted octanol–water partition coefficient (Wildman–Crippen LogP) is 5.43. The van der Waals surface area contributed by atoms with Crippen molar-refractivity contribution >= 4 is 10.1 Å². The second-order valence-electron chi connectivity index (χ2n) is 11.8. The molecule has 0 aliphatic rings. The van der Waals surface area contributed by atoms with Crippen LogP contribution in [-0.2, 0) is 24.4 Å². The summed E-state index contributed by atoms with van der Waals surface area (Å²) in [6.07, 6.45) is -7.16. The van der Waals surface area contributed by atoms with Gasteiger partial charge in [-0.2, -0.15) is 39.5 Å². The second-order valence-corrected chi connectivity index (χ2v) is 17.7. The van der Waals surface area contributed by atoms with Crippen molar-refractivity contribution in [2.45, 2.75) is 92.9 Å². The van der Waals surface area contributed by atoms with Crippen LogP contribution in [0.3, 0.4) is 0 Å². The van der Waals surface area contributed by atoms with Crippen LogP contribution >= 0.6 is 0 Å². The fraction of sp³-hybridized carbons (Fsp3) is 0.556. The van der Waals surface area contributed by atoms with Gasteiger partial charge in [0.15, 0.2) is 17.1 Å². The normalized spacial score (nSPS) is 14.4. The fourth-order valence-corrected chi connectivity index (χ4v) is 6.61. The van der Waals surface area contributed by atoms with Crippen molar-refractivity contribution in [2.75, 3.05) is 0 Å². The van der Waals surface area contributed by atoms with Crippen molar-refractivity contribution in [3.63, 3.8) is 0 Å². The zero-order valence-corrected chi connectivity index (χ0v) is 26.5. The lowest BCUT2D eigenvalue weighted by Crippen LogP contribution is -3.66. The number of hydrogen-bond donors (Lipinski definition) is 0. The third-order valence-electron chi connectivity index (χ3n) is 5.92. The van der Waals surface area contributed by atoms with Gasteiger partial charge in [0.05, 0.1) is 0 Å². The molecule has 0 saturated carbocycles. The molecule has 2 aromatic rings. The average molecular weight is 735 g/mol. The van der Waals surface area contributed by atoms with Crippen LogP contribution in [0.4, 0.5) is 39.5 Å². The van der Waals surface area contributed by atoms with Crippen LogP contribution in [0.15, 0.2) is 48.5 Å². The van der Waals surface area contributed by atoms with Crippen molar-refractivity contribution in [3.8, 4) is 0 Å². The molecule has 2 aromatic carbocycles. The molecular weight excluding hydrogens is 702 g/mol. The molecule has 234 valence electrons. The summed E-state index contributed by atoms with van der Waals surface area (Å²) in [6.45, 7) is 18.4. The molecule has 14 heteroatoms. The van der Waals surface area contributed by atoms with E-state index in [1.165, 1.54) is 20.3 Å². The number of halogens is 10. The third kappa shape index (κ3) is 8.52. The molecule has 0 atom stereocenters. The first-order chi connectivity index (χ1) is 17.9. The molecule has 0 aliphatic carbocycles. The number of benzene rings is 2. The number of hydrogen-bond acceptors (Lipinski definition) is 3. The molecule has 0 aromatic heterocycles. The standard InChI is InChI=1S/C23H32I.C4HF9O3S/c1-21(2,3)17-9-11-19(12-10-17)23(7,8)24-20-15-13-18(14-16-20)22(4,5)6;5-1(6,3(9,10)11)2(7,8)4(12,13)17(14,15)16/h9-16H,1-8H3;(H,14,15,16)/q+1;/p-1. The summed E-state index contributed by atoms with van der Waals surface area (Å²) in [5.41, 5.74) is 4.75. The summed E-state index contributed by atoms with van der Waals surface area (Å²) < 4.78 is 137. The molecule has 0 saturated heterocycles. The van der Waals surface area contributed by atoms with Crippen LogP contribution in [0.1, 0.15) is 72.1 Å². The molecule has 0 unspecified atom stereocenters. The number of rotatable bonds is 6. The van der Waals surface area contributed by atoms with Crippen molar-refractivity contribution in [2.24, 2.45) is 0 Å². The smallest absolute Gasteiger partial charge is 0.460 e. The molecule has 41 heavy (non-hydrogen) atoms. The Kier molecular flexibility index (Phi) is 10.8. The molecule has 3 nitrogen and oxygen atoms in total. The van der Waals surface area contributed by atoms with Gasteiger partial charge < -0.3 is 4.55 Å². The molecular formula is C27H32F9IO3S. The zero-order chi connectivity index (χ0) is 32.7. The van der Waals surface area contributed by atoms with Crippen molar-refractivity contribution < 1.29 is 73.7 Å². The van der Waals surface area contributed by atoms with Gasteiger partial charge in [0.25, 0.3) is 0 Å². The summed E-state index contributed by atoms with van der Waals surface area (Å²) in [5.74, 6) is -14.8. The molecule has 0 radical (unpaired) electrons. The first-order valence-corrected chi connectivity index (χ1v) is 15.5. The summed E-state index contributed by atoms with van der Waals surface area (Å²) in [5, 5.41) is -7.11. The Morgan fingerprint density at radius 1 is 0.561 bits per heavy atom. The molecule has 2 rings (SSSR count). The Labute approximate surface area is 244 Å². The van der Waals surface area contributed by atoms with Crippen LogP contribution in [0.5, 0.6) is 0 Å². The average Bonchev–Trinajstić information content (AvgIpc) is 2.77. The van der Waals surface area contributed by atoms with Crippen LogP contribution in [0.2, 0.25) is 0 Å². The number of alkyl halides is 10. The third-order valence-corrected chi connectivity index (χ3v) is 10.1. The first-order valence-electron chi connectivity index (χ1n) is 11.9. The highest BCUT2D eigenvalue weighted by molar-refractivity contribution is 7.86. The lowest BCUT2D eigenvalue weighted by molar-refractivity contribution is -0.705. The van der Waals surface area contributed by atoms with E-state index in [-0.39, 0.29) is 35.5 Å². The zero-order valence-electron chi connectivity index (χ0n) is 23.5. The molecule has 0 N–H and O–H groups in total. The van der Waals surface area contributed by atoms with E-state index in [0.717, 1.165) is 0 Å². The van der Waals surface area contributed by atoms with Crippen LogP contribution in [-0.4, -0.2) is 36.2 Å². The van der Waals surface area contributed by atoms with Gasteiger partial charge in [-0.1, -0.05) is 77.9 Å². The van der Waals surface area contributed by atoms with Gasteiger partial charge in [0.2, 0.25) is 0 Å². The van der Waals surface area contributed by atoms with Gasteiger partial charge >= 0.3 is 44.5 Å². The van der Waals surface area contributed by atoms with Gasteiger partial charge in [0.1, 0.15) is 0 Å². The molecule has 0 aliphatic heterocycles. The minimum atomic E-state index is -7.43. The van der Waals surface area contributed by atoms with Crippen LogP contribution < -0.4 is 21.2 Å². The van der Waals surface area contributed by atoms with Crippen molar-refractivity contribution in [1.29, 1.82) is 0 Å². The van der Waals surface area contributed by atoms with Gasteiger partial charge in [0, 0.05) is 5.56 Å². The van der Waals surface area contributed by atoms with E-state index in [1.807, 2.05) is 0 Å². The molecule has 0 spiro atoms. The van der Waals surface area contributed by atoms with Gasteiger partial charge in [-0.3, -0.25) is 0 Å².